The SMILES string of the molecule is O=C(CS(=O)(=O)c1ccc(Cl)cc1)NNc1nc2c(Br)cccc2s1. The van der Waals surface area contributed by atoms with Gasteiger partial charge in [-0.3, -0.25) is 15.6 Å². The molecule has 3 aromatic rings. The Morgan fingerprint density at radius 3 is 2.60 bits per heavy atom. The maximum absolute atomic E-state index is 12.2. The van der Waals surface area contributed by atoms with Crippen LogP contribution in [0.1, 0.15) is 0 Å². The summed E-state index contributed by atoms with van der Waals surface area (Å²) in [5.74, 6) is -1.37. The highest BCUT2D eigenvalue weighted by Gasteiger charge is 2.19. The van der Waals surface area contributed by atoms with Crippen LogP contribution in [0.3, 0.4) is 0 Å². The summed E-state index contributed by atoms with van der Waals surface area (Å²) in [6.07, 6.45) is 0. The van der Waals surface area contributed by atoms with E-state index >= 15 is 0 Å². The average molecular weight is 461 g/mol. The molecule has 0 unspecified atom stereocenters. The third kappa shape index (κ3) is 4.30. The lowest BCUT2D eigenvalue weighted by atomic mass is 10.3. The maximum atomic E-state index is 12.2. The van der Waals surface area contributed by atoms with Crippen molar-refractivity contribution >= 4 is 70.0 Å². The number of benzene rings is 2. The number of amides is 1. The number of thiazole rings is 1. The summed E-state index contributed by atoms with van der Waals surface area (Å²) in [6.45, 7) is 0. The molecule has 1 amide bonds. The van der Waals surface area contributed by atoms with Gasteiger partial charge in [0.2, 0.25) is 5.13 Å². The quantitative estimate of drug-likeness (QED) is 0.568. The monoisotopic (exact) mass is 459 g/mol. The van der Waals surface area contributed by atoms with Crippen LogP contribution in [0, 0.1) is 0 Å². The molecule has 0 saturated carbocycles. The zero-order valence-corrected chi connectivity index (χ0v) is 16.5. The first-order chi connectivity index (χ1) is 11.8. The number of para-hydroxylation sites is 1. The van der Waals surface area contributed by atoms with Gasteiger partial charge in [0.15, 0.2) is 9.84 Å². The van der Waals surface area contributed by atoms with Crippen molar-refractivity contribution in [3.05, 3.63) is 52.0 Å². The van der Waals surface area contributed by atoms with E-state index in [0.29, 0.717) is 10.2 Å². The highest BCUT2D eigenvalue weighted by atomic mass is 79.9. The number of nitrogens with one attached hydrogen (secondary N) is 2. The van der Waals surface area contributed by atoms with Gasteiger partial charge >= 0.3 is 0 Å². The van der Waals surface area contributed by atoms with Crippen molar-refractivity contribution in [3.63, 3.8) is 0 Å². The van der Waals surface area contributed by atoms with Crippen LogP contribution >= 0.6 is 38.9 Å². The predicted octanol–water partition coefficient (Wildman–Crippen LogP) is 3.63. The second kappa shape index (κ2) is 7.28. The largest absolute Gasteiger partial charge is 0.273 e. The lowest BCUT2D eigenvalue weighted by Gasteiger charge is -2.06. The summed E-state index contributed by atoms with van der Waals surface area (Å²) in [7, 11) is -3.75. The molecule has 3 rings (SSSR count). The number of anilines is 1. The van der Waals surface area contributed by atoms with Gasteiger partial charge < -0.3 is 0 Å². The lowest BCUT2D eigenvalue weighted by molar-refractivity contribution is -0.118. The van der Waals surface area contributed by atoms with Crippen molar-refractivity contribution in [3.8, 4) is 0 Å². The van der Waals surface area contributed by atoms with Crippen molar-refractivity contribution in [2.45, 2.75) is 4.90 Å². The molecule has 0 saturated heterocycles. The van der Waals surface area contributed by atoms with E-state index in [1.54, 1.807) is 0 Å². The lowest BCUT2D eigenvalue weighted by Crippen LogP contribution is -2.34. The number of hydrogen-bond donors (Lipinski definition) is 2. The number of sulfone groups is 1. The molecule has 6 nitrogen and oxygen atoms in total. The number of hydrazine groups is 1. The topological polar surface area (TPSA) is 88.2 Å². The fourth-order valence-corrected chi connectivity index (χ4v) is 4.72. The number of carbonyl (C=O) groups excluding carboxylic acids is 1. The number of carbonyl (C=O) groups is 1. The molecule has 1 heterocycles. The van der Waals surface area contributed by atoms with Gasteiger partial charge in [-0.1, -0.05) is 29.0 Å². The van der Waals surface area contributed by atoms with Crippen LogP contribution in [0.4, 0.5) is 5.13 Å². The molecular weight excluding hydrogens is 450 g/mol. The smallest absolute Gasteiger partial charge is 0.253 e. The summed E-state index contributed by atoms with van der Waals surface area (Å²) in [5, 5.41) is 0.881. The van der Waals surface area contributed by atoms with Crippen LogP contribution in [0.5, 0.6) is 0 Å². The van der Waals surface area contributed by atoms with Crippen LogP contribution in [0.25, 0.3) is 10.2 Å². The molecule has 0 spiro atoms. The summed E-state index contributed by atoms with van der Waals surface area (Å²) in [5.41, 5.74) is 5.76. The molecule has 1 aromatic heterocycles. The number of fused-ring (bicyclic) bond motifs is 1. The summed E-state index contributed by atoms with van der Waals surface area (Å²) >= 11 is 10.5. The van der Waals surface area contributed by atoms with Crippen LogP contribution in [0.2, 0.25) is 5.02 Å². The van der Waals surface area contributed by atoms with Gasteiger partial charge in [0.05, 0.1) is 15.1 Å². The van der Waals surface area contributed by atoms with Gasteiger partial charge in [0, 0.05) is 9.50 Å². The summed E-state index contributed by atoms with van der Waals surface area (Å²) in [6, 6.07) is 11.3. The zero-order valence-electron chi connectivity index (χ0n) is 12.5. The Hall–Kier alpha value is -1.68. The molecular formula is C15H11BrClN3O3S2. The Balaban J connectivity index is 1.65. The Bertz CT molecular complexity index is 1040. The van der Waals surface area contributed by atoms with Crippen LogP contribution in [-0.2, 0) is 14.6 Å². The van der Waals surface area contributed by atoms with E-state index in [2.05, 4.69) is 31.8 Å². The fraction of sp³-hybridized carbons (Fsp3) is 0.0667. The molecule has 0 bridgehead atoms. The predicted molar refractivity (Wildman–Crippen MR) is 103 cm³/mol. The number of aromatic nitrogens is 1. The second-order valence-corrected chi connectivity index (χ2v) is 9.30. The van der Waals surface area contributed by atoms with Crippen LogP contribution in [-0.4, -0.2) is 25.1 Å². The zero-order chi connectivity index (χ0) is 18.0. The number of hydrogen-bond acceptors (Lipinski definition) is 6. The molecule has 2 aromatic carbocycles. The third-order valence-electron chi connectivity index (χ3n) is 3.17. The highest BCUT2D eigenvalue weighted by molar-refractivity contribution is 9.10. The van der Waals surface area contributed by atoms with Crippen molar-refractivity contribution in [2.75, 3.05) is 11.2 Å². The highest BCUT2D eigenvalue weighted by Crippen LogP contribution is 2.30. The van der Waals surface area contributed by atoms with E-state index in [4.69, 9.17) is 11.6 Å². The van der Waals surface area contributed by atoms with E-state index in [0.717, 1.165) is 14.7 Å². The fourth-order valence-electron chi connectivity index (χ4n) is 2.03. The summed E-state index contributed by atoms with van der Waals surface area (Å²) in [4.78, 5) is 16.3. The van der Waals surface area contributed by atoms with Crippen molar-refractivity contribution in [1.82, 2.24) is 10.4 Å². The Morgan fingerprint density at radius 2 is 1.92 bits per heavy atom. The Kier molecular flexibility index (Phi) is 5.28. The normalized spacial score (nSPS) is 11.4. The van der Waals surface area contributed by atoms with E-state index in [9.17, 15) is 13.2 Å². The van der Waals surface area contributed by atoms with Crippen LogP contribution in [0.15, 0.2) is 51.8 Å². The van der Waals surface area contributed by atoms with E-state index in [-0.39, 0.29) is 4.90 Å². The minimum absolute atomic E-state index is 0.0379. The second-order valence-electron chi connectivity index (χ2n) is 4.99. The molecule has 25 heavy (non-hydrogen) atoms. The first-order valence-corrected chi connectivity index (χ1v) is 10.6. The molecule has 0 aliphatic heterocycles. The Morgan fingerprint density at radius 1 is 1.20 bits per heavy atom. The minimum atomic E-state index is -3.75. The van der Waals surface area contributed by atoms with Gasteiger partial charge in [0.25, 0.3) is 5.91 Å². The molecule has 0 radical (unpaired) electrons. The van der Waals surface area contributed by atoms with Gasteiger partial charge in [-0.25, -0.2) is 13.4 Å². The molecule has 0 aliphatic carbocycles. The van der Waals surface area contributed by atoms with E-state index in [1.807, 2.05) is 18.2 Å². The number of rotatable bonds is 5. The molecule has 0 atom stereocenters. The van der Waals surface area contributed by atoms with Gasteiger partial charge in [-0.15, -0.1) is 0 Å². The maximum Gasteiger partial charge on any atom is 0.253 e. The minimum Gasteiger partial charge on any atom is -0.273 e. The standard InChI is InChI=1S/C15H11BrClN3O3S2/c16-11-2-1-3-12-14(11)18-15(24-12)20-19-13(21)8-25(22,23)10-6-4-9(17)5-7-10/h1-7H,8H2,(H,18,20)(H,19,21). The molecule has 10 heteroatoms. The Labute approximate surface area is 161 Å². The van der Waals surface area contributed by atoms with Gasteiger partial charge in [-0.2, -0.15) is 0 Å². The van der Waals surface area contributed by atoms with Crippen molar-refractivity contribution < 1.29 is 13.2 Å². The van der Waals surface area contributed by atoms with Gasteiger partial charge in [-0.05, 0) is 52.3 Å². The molecule has 130 valence electrons. The summed E-state index contributed by atoms with van der Waals surface area (Å²) < 4.78 is 26.2. The van der Waals surface area contributed by atoms with Crippen molar-refractivity contribution in [2.24, 2.45) is 0 Å². The third-order valence-corrected chi connectivity index (χ3v) is 6.63. The van der Waals surface area contributed by atoms with E-state index < -0.39 is 21.5 Å². The number of halogens is 2. The number of nitrogens with zero attached hydrogens (tertiary/aromatic N) is 1. The average Bonchev–Trinajstić information content (AvgIpc) is 2.97. The van der Waals surface area contributed by atoms with Gasteiger partial charge in [0.1, 0.15) is 5.75 Å². The van der Waals surface area contributed by atoms with Crippen molar-refractivity contribution in [1.29, 1.82) is 0 Å². The van der Waals surface area contributed by atoms with Crippen LogP contribution < -0.4 is 10.9 Å². The molecule has 0 aliphatic rings. The van der Waals surface area contributed by atoms with E-state index in [1.165, 1.54) is 35.6 Å². The first-order valence-electron chi connectivity index (χ1n) is 6.93. The first kappa shape index (κ1) is 18.1. The molecule has 2 N–H and O–H groups in total. The molecule has 0 fully saturated rings.